The van der Waals surface area contributed by atoms with Gasteiger partial charge in [-0.1, -0.05) is 56.2 Å². The number of ether oxygens (including phenoxy) is 3. The van der Waals surface area contributed by atoms with Crippen LogP contribution in [0.1, 0.15) is 45.7 Å². The zero-order chi connectivity index (χ0) is 24.6. The molecule has 0 amide bonds. The third kappa shape index (κ3) is 14.6. The van der Waals surface area contributed by atoms with Crippen molar-refractivity contribution in [1.29, 1.82) is 0 Å². The summed E-state index contributed by atoms with van der Waals surface area (Å²) in [6.07, 6.45) is 4.50. The lowest BCUT2D eigenvalue weighted by Crippen LogP contribution is -2.22. The van der Waals surface area contributed by atoms with Crippen LogP contribution in [0.5, 0.6) is 11.5 Å². The van der Waals surface area contributed by atoms with Gasteiger partial charge in [0.15, 0.2) is 6.29 Å². The average Bonchev–Trinajstić information content (AvgIpc) is 2.75. The molecule has 0 aliphatic carbocycles. The van der Waals surface area contributed by atoms with Crippen LogP contribution in [0.15, 0.2) is 74.3 Å². The molecule has 32 heavy (non-hydrogen) atoms. The Morgan fingerprint density at radius 2 is 1.44 bits per heavy atom. The van der Waals surface area contributed by atoms with Gasteiger partial charge < -0.3 is 19.3 Å². The van der Waals surface area contributed by atoms with E-state index in [0.29, 0.717) is 12.4 Å². The minimum absolute atomic E-state index is 0.199. The molecule has 0 aliphatic heterocycles. The second-order valence-electron chi connectivity index (χ2n) is 7.45. The van der Waals surface area contributed by atoms with Gasteiger partial charge in [-0.15, -0.1) is 0 Å². The van der Waals surface area contributed by atoms with Crippen molar-refractivity contribution in [2.45, 2.75) is 46.5 Å². The maximum atomic E-state index is 10.5. The van der Waals surface area contributed by atoms with Gasteiger partial charge >= 0.3 is 5.97 Å². The number of aromatic hydroxyl groups is 1. The molecular weight excluding hydrogens is 404 g/mol. The van der Waals surface area contributed by atoms with Gasteiger partial charge in [-0.05, 0) is 70.0 Å². The monoisotopic (exact) mass is 440 g/mol. The van der Waals surface area contributed by atoms with Gasteiger partial charge in [0.1, 0.15) is 17.1 Å². The van der Waals surface area contributed by atoms with Crippen molar-refractivity contribution in [3.8, 4) is 11.5 Å². The molecule has 0 bridgehead atoms. The van der Waals surface area contributed by atoms with E-state index in [1.54, 1.807) is 24.3 Å². The fourth-order valence-electron chi connectivity index (χ4n) is 2.10. The van der Waals surface area contributed by atoms with E-state index >= 15 is 0 Å². The third-order valence-electron chi connectivity index (χ3n) is 3.52. The van der Waals surface area contributed by atoms with Crippen molar-refractivity contribution in [3.05, 3.63) is 85.5 Å². The quantitative estimate of drug-likeness (QED) is 0.297. The van der Waals surface area contributed by atoms with Crippen LogP contribution in [0.3, 0.4) is 0 Å². The van der Waals surface area contributed by atoms with E-state index < -0.39 is 5.60 Å². The first-order valence-electron chi connectivity index (χ1n) is 10.3. The zero-order valence-electron chi connectivity index (χ0n) is 19.8. The highest BCUT2D eigenvalue weighted by atomic mass is 16.7. The van der Waals surface area contributed by atoms with Gasteiger partial charge in [-0.25, -0.2) is 4.79 Å². The summed E-state index contributed by atoms with van der Waals surface area (Å²) in [5.74, 6) is 0.736. The first-order valence-corrected chi connectivity index (χ1v) is 10.3. The lowest BCUT2D eigenvalue weighted by molar-refractivity contribution is -0.148. The molecule has 0 saturated carbocycles. The van der Waals surface area contributed by atoms with E-state index in [9.17, 15) is 4.79 Å². The Balaban J connectivity index is 0.000000470. The van der Waals surface area contributed by atoms with Crippen molar-refractivity contribution < 1.29 is 24.1 Å². The Labute approximate surface area is 192 Å². The second kappa shape index (κ2) is 15.5. The number of rotatable bonds is 7. The van der Waals surface area contributed by atoms with E-state index in [4.69, 9.17) is 19.3 Å². The lowest BCUT2D eigenvalue weighted by atomic mass is 10.2. The standard InChI is InChI=1S/C12H16O2.C8H8O.C7H12O2/c1-4-11-6-8-12(9-7-11)14-10(3)13-5-2;1-2-7-3-5-8(9)6-4-7;1-5-6(8)9-7(2,3)4/h4,6-10H,1,5H2,2-3H3;2-6,9H,1H2;5H,1H2,2-4H3. The van der Waals surface area contributed by atoms with Crippen LogP contribution >= 0.6 is 0 Å². The minimum atomic E-state index is -0.398. The molecule has 0 spiro atoms. The Morgan fingerprint density at radius 3 is 1.78 bits per heavy atom. The molecule has 0 saturated heterocycles. The van der Waals surface area contributed by atoms with E-state index in [-0.39, 0.29) is 12.3 Å². The van der Waals surface area contributed by atoms with Crippen molar-refractivity contribution in [1.82, 2.24) is 0 Å². The maximum Gasteiger partial charge on any atom is 0.330 e. The topological polar surface area (TPSA) is 65.0 Å². The Hall–Kier alpha value is -3.31. The van der Waals surface area contributed by atoms with Gasteiger partial charge in [0.05, 0.1) is 0 Å². The highest BCUT2D eigenvalue weighted by Crippen LogP contribution is 2.14. The molecule has 1 atom stereocenters. The first-order chi connectivity index (χ1) is 15.0. The summed E-state index contributed by atoms with van der Waals surface area (Å²) < 4.78 is 15.6. The van der Waals surface area contributed by atoms with Crippen LogP contribution in [0.4, 0.5) is 0 Å². The summed E-state index contributed by atoms with van der Waals surface area (Å²) in [5, 5.41) is 8.82. The van der Waals surface area contributed by atoms with Gasteiger partial charge in [0, 0.05) is 12.7 Å². The molecule has 2 aromatic rings. The van der Waals surface area contributed by atoms with Gasteiger partial charge in [-0.2, -0.15) is 0 Å². The van der Waals surface area contributed by atoms with Crippen LogP contribution in [-0.4, -0.2) is 29.6 Å². The average molecular weight is 441 g/mol. The fraction of sp³-hybridized carbons (Fsp3) is 0.296. The molecule has 0 aromatic heterocycles. The number of benzene rings is 2. The summed E-state index contributed by atoms with van der Waals surface area (Å²) in [5.41, 5.74) is 1.71. The zero-order valence-corrected chi connectivity index (χ0v) is 19.8. The molecule has 1 unspecified atom stereocenters. The molecule has 0 aliphatic rings. The lowest BCUT2D eigenvalue weighted by Gasteiger charge is -2.17. The second-order valence-corrected chi connectivity index (χ2v) is 7.45. The highest BCUT2D eigenvalue weighted by Gasteiger charge is 2.12. The maximum absolute atomic E-state index is 10.5. The predicted octanol–water partition coefficient (Wildman–Crippen LogP) is 6.64. The van der Waals surface area contributed by atoms with Gasteiger partial charge in [0.2, 0.25) is 0 Å². The van der Waals surface area contributed by atoms with E-state index in [1.165, 1.54) is 0 Å². The number of carbonyl (C=O) groups is 1. The first kappa shape index (κ1) is 28.7. The van der Waals surface area contributed by atoms with Crippen LogP contribution < -0.4 is 4.74 Å². The molecule has 5 heteroatoms. The van der Waals surface area contributed by atoms with Gasteiger partial charge in [-0.3, -0.25) is 0 Å². The number of hydrogen-bond donors (Lipinski definition) is 1. The molecule has 5 nitrogen and oxygen atoms in total. The van der Waals surface area contributed by atoms with Crippen molar-refractivity contribution in [2.24, 2.45) is 0 Å². The smallest absolute Gasteiger partial charge is 0.330 e. The van der Waals surface area contributed by atoms with Gasteiger partial charge in [0.25, 0.3) is 0 Å². The summed E-state index contributed by atoms with van der Waals surface area (Å²) in [6.45, 7) is 20.5. The molecule has 174 valence electrons. The Morgan fingerprint density at radius 1 is 0.969 bits per heavy atom. The normalized spacial score (nSPS) is 10.8. The molecule has 2 aromatic carbocycles. The number of phenols is 1. The van der Waals surface area contributed by atoms with Crippen LogP contribution in [-0.2, 0) is 14.3 Å². The molecule has 2 rings (SSSR count). The third-order valence-corrected chi connectivity index (χ3v) is 3.52. The molecule has 0 radical (unpaired) electrons. The summed E-state index contributed by atoms with van der Waals surface area (Å²) >= 11 is 0. The number of hydrogen-bond acceptors (Lipinski definition) is 5. The fourth-order valence-corrected chi connectivity index (χ4v) is 2.10. The van der Waals surface area contributed by atoms with E-state index in [1.807, 2.05) is 71.0 Å². The van der Waals surface area contributed by atoms with Crippen molar-refractivity contribution in [3.63, 3.8) is 0 Å². The van der Waals surface area contributed by atoms with Crippen LogP contribution in [0.2, 0.25) is 0 Å². The molecular formula is C27H36O5. The number of carbonyl (C=O) groups excluding carboxylic acids is 1. The Bertz CT molecular complexity index is 815. The largest absolute Gasteiger partial charge is 0.508 e. The summed E-state index contributed by atoms with van der Waals surface area (Å²) in [4.78, 5) is 10.5. The molecule has 0 fully saturated rings. The summed E-state index contributed by atoms with van der Waals surface area (Å²) in [6, 6.07) is 14.6. The van der Waals surface area contributed by atoms with Crippen LogP contribution in [0, 0.1) is 0 Å². The van der Waals surface area contributed by atoms with E-state index in [2.05, 4.69) is 19.7 Å². The predicted molar refractivity (Wildman–Crippen MR) is 132 cm³/mol. The van der Waals surface area contributed by atoms with E-state index in [0.717, 1.165) is 23.0 Å². The molecule has 1 N–H and O–H groups in total. The number of phenolic OH excluding ortho intramolecular Hbond substituents is 1. The summed E-state index contributed by atoms with van der Waals surface area (Å²) in [7, 11) is 0. The Kier molecular flexibility index (Phi) is 13.9. The SMILES string of the molecule is C=CC(=O)OC(C)(C)C.C=Cc1ccc(O)cc1.C=Cc1ccc(OC(C)OCC)cc1. The van der Waals surface area contributed by atoms with Crippen molar-refractivity contribution >= 4 is 18.1 Å². The molecule has 0 heterocycles. The van der Waals surface area contributed by atoms with Crippen molar-refractivity contribution in [2.75, 3.05) is 6.61 Å². The highest BCUT2D eigenvalue weighted by molar-refractivity contribution is 5.81. The number of esters is 1. The minimum Gasteiger partial charge on any atom is -0.508 e. The van der Waals surface area contributed by atoms with Crippen LogP contribution in [0.25, 0.3) is 12.2 Å².